The van der Waals surface area contributed by atoms with E-state index in [2.05, 4.69) is 10.6 Å². The molecule has 1 heterocycles. The van der Waals surface area contributed by atoms with Crippen LogP contribution in [-0.2, 0) is 30.5 Å². The van der Waals surface area contributed by atoms with Gasteiger partial charge in [0.15, 0.2) is 5.78 Å². The van der Waals surface area contributed by atoms with Gasteiger partial charge in [-0.15, -0.1) is 0 Å². The van der Waals surface area contributed by atoms with Crippen molar-refractivity contribution in [1.29, 1.82) is 0 Å². The number of aliphatic hydroxyl groups excluding tert-OH is 2. The number of amides is 4. The maximum atomic E-state index is 14.0. The summed E-state index contributed by atoms with van der Waals surface area (Å²) in [4.78, 5) is 66.6. The topological polar surface area (TPSA) is 214 Å². The summed E-state index contributed by atoms with van der Waals surface area (Å²) in [6.45, 7) is 2.90. The molecule has 0 aliphatic carbocycles. The lowest BCUT2D eigenvalue weighted by Gasteiger charge is -2.34. The van der Waals surface area contributed by atoms with E-state index in [9.17, 15) is 34.2 Å². The summed E-state index contributed by atoms with van der Waals surface area (Å²) in [5.74, 6) is -4.94. The van der Waals surface area contributed by atoms with E-state index in [1.807, 2.05) is 0 Å². The predicted octanol–water partition coefficient (Wildman–Crippen LogP) is 0.281. The lowest BCUT2D eigenvalue weighted by Crippen LogP contribution is -2.58. The maximum absolute atomic E-state index is 14.0. The van der Waals surface area contributed by atoms with Crippen LogP contribution in [0.5, 0.6) is 0 Å². The molecule has 1 saturated heterocycles. The number of Topliss-reactive ketones (excluding diaryl/α,β-unsaturated/α-hetero) is 1. The molecule has 13 nitrogen and oxygen atoms in total. The fourth-order valence-corrected chi connectivity index (χ4v) is 5.06. The minimum absolute atomic E-state index is 0.121. The Morgan fingerprint density at radius 2 is 1.66 bits per heavy atom. The van der Waals surface area contributed by atoms with Crippen LogP contribution in [0.3, 0.4) is 0 Å². The van der Waals surface area contributed by atoms with Gasteiger partial charge in [-0.05, 0) is 37.8 Å². The van der Waals surface area contributed by atoms with Gasteiger partial charge in [0.1, 0.15) is 24.8 Å². The molecule has 1 aliphatic heterocycles. The van der Waals surface area contributed by atoms with Crippen LogP contribution in [0.15, 0.2) is 60.7 Å². The van der Waals surface area contributed by atoms with Crippen LogP contribution in [0.25, 0.3) is 0 Å². The number of nitrogens with two attached hydrogens (primary N) is 2. The number of rotatable bonds is 14. The van der Waals surface area contributed by atoms with Gasteiger partial charge < -0.3 is 42.0 Å². The van der Waals surface area contributed by atoms with Crippen molar-refractivity contribution in [3.8, 4) is 0 Å². The molecule has 0 aromatic heterocycles. The summed E-state index contributed by atoms with van der Waals surface area (Å²) >= 11 is 0. The number of benzene rings is 2. The third kappa shape index (κ3) is 9.09. The Balaban J connectivity index is 1.88. The Labute approximate surface area is 255 Å². The summed E-state index contributed by atoms with van der Waals surface area (Å²) < 4.78 is 5.21. The minimum Gasteiger partial charge on any atom is -0.445 e. The van der Waals surface area contributed by atoms with Crippen LogP contribution in [-0.4, -0.2) is 81.6 Å². The SMILES string of the molecule is CC(C)(CO)NC(=O)[C@@H]1CCCN1C(=O)C(O)[C@@H](C(=O)[C@H](CC(N)=O)NC(=O)OCc1ccccc1)C(N)c1ccccc1. The van der Waals surface area contributed by atoms with Gasteiger partial charge in [0.25, 0.3) is 5.91 Å². The standard InChI is InChI=1S/C31H41N5O8/c1-31(2,18-37)35-28(41)22-14-9-15-36(22)29(42)27(40)24(25(33)20-12-7-4-8-13-20)26(39)21(16-23(32)38)34-30(43)44-17-19-10-5-3-6-11-19/h3-8,10-13,21-22,24-25,27,37,40H,9,14-18,33H2,1-2H3,(H2,32,38)(H,34,43)(H,35,41)/t21-,22-,24+,25?,27?/m0/s1. The molecule has 1 aliphatic rings. The molecule has 5 atom stereocenters. The molecular formula is C31H41N5O8. The predicted molar refractivity (Wildman–Crippen MR) is 159 cm³/mol. The van der Waals surface area contributed by atoms with Gasteiger partial charge in [0.05, 0.1) is 24.5 Å². The van der Waals surface area contributed by atoms with Crippen molar-refractivity contribution in [2.75, 3.05) is 13.2 Å². The van der Waals surface area contributed by atoms with Crippen LogP contribution in [0.4, 0.5) is 4.79 Å². The van der Waals surface area contributed by atoms with Crippen molar-refractivity contribution in [2.24, 2.45) is 17.4 Å². The zero-order valence-corrected chi connectivity index (χ0v) is 24.8. The second-order valence-corrected chi connectivity index (χ2v) is 11.5. The average molecular weight is 612 g/mol. The lowest BCUT2D eigenvalue weighted by molar-refractivity contribution is -0.152. The highest BCUT2D eigenvalue weighted by atomic mass is 16.5. The van der Waals surface area contributed by atoms with Gasteiger partial charge in [0.2, 0.25) is 11.8 Å². The number of alkyl carbamates (subject to hydrolysis) is 1. The van der Waals surface area contributed by atoms with Crippen molar-refractivity contribution in [3.05, 3.63) is 71.8 Å². The van der Waals surface area contributed by atoms with Gasteiger partial charge >= 0.3 is 6.09 Å². The molecule has 2 aromatic carbocycles. The quantitative estimate of drug-likeness (QED) is 0.173. The zero-order chi connectivity index (χ0) is 32.4. The van der Waals surface area contributed by atoms with Crippen molar-refractivity contribution in [1.82, 2.24) is 15.5 Å². The minimum atomic E-state index is -2.05. The third-order valence-electron chi connectivity index (χ3n) is 7.44. The Kier molecular flexibility index (Phi) is 12.0. The van der Waals surface area contributed by atoms with Crippen LogP contribution in [0, 0.1) is 5.92 Å². The summed E-state index contributed by atoms with van der Waals surface area (Å²) in [7, 11) is 0. The second kappa shape index (κ2) is 15.4. The van der Waals surface area contributed by atoms with Gasteiger partial charge in [0, 0.05) is 12.6 Å². The molecule has 13 heteroatoms. The van der Waals surface area contributed by atoms with Crippen LogP contribution < -0.4 is 22.1 Å². The van der Waals surface area contributed by atoms with Crippen molar-refractivity contribution in [2.45, 2.75) is 69.5 Å². The highest BCUT2D eigenvalue weighted by molar-refractivity contribution is 5.98. The van der Waals surface area contributed by atoms with Crippen LogP contribution in [0.2, 0.25) is 0 Å². The molecule has 2 aromatic rings. The summed E-state index contributed by atoms with van der Waals surface area (Å²) in [6, 6.07) is 13.2. The molecule has 8 N–H and O–H groups in total. The first-order valence-corrected chi connectivity index (χ1v) is 14.4. The average Bonchev–Trinajstić information content (AvgIpc) is 3.50. The smallest absolute Gasteiger partial charge is 0.408 e. The van der Waals surface area contributed by atoms with Crippen molar-refractivity contribution < 1.29 is 38.9 Å². The number of nitrogens with zero attached hydrogens (tertiary/aromatic N) is 1. The highest BCUT2D eigenvalue weighted by Crippen LogP contribution is 2.29. The normalized spacial score (nSPS) is 17.6. The number of carbonyl (C=O) groups is 5. The number of likely N-dealkylation sites (tertiary alicyclic amines) is 1. The Morgan fingerprint density at radius 3 is 2.25 bits per heavy atom. The fourth-order valence-electron chi connectivity index (χ4n) is 5.06. The monoisotopic (exact) mass is 611 g/mol. The van der Waals surface area contributed by atoms with Gasteiger partial charge in [-0.2, -0.15) is 0 Å². The van der Waals surface area contributed by atoms with E-state index in [1.54, 1.807) is 74.5 Å². The van der Waals surface area contributed by atoms with E-state index in [4.69, 9.17) is 16.2 Å². The van der Waals surface area contributed by atoms with Crippen molar-refractivity contribution >= 4 is 29.6 Å². The first-order valence-electron chi connectivity index (χ1n) is 14.4. The Morgan fingerprint density at radius 1 is 1.05 bits per heavy atom. The number of aliphatic hydroxyl groups is 2. The summed E-state index contributed by atoms with van der Waals surface area (Å²) in [6.07, 6.45) is -2.96. The van der Waals surface area contributed by atoms with E-state index in [0.717, 1.165) is 0 Å². The van der Waals surface area contributed by atoms with Crippen LogP contribution >= 0.6 is 0 Å². The molecule has 0 spiro atoms. The number of ketones is 1. The largest absolute Gasteiger partial charge is 0.445 e. The molecule has 0 saturated carbocycles. The molecule has 1 fully saturated rings. The molecule has 3 rings (SSSR count). The number of nitrogens with one attached hydrogen (secondary N) is 2. The van der Waals surface area contributed by atoms with Gasteiger partial charge in [-0.25, -0.2) is 4.79 Å². The number of ether oxygens (including phenoxy) is 1. The van der Waals surface area contributed by atoms with E-state index < -0.39 is 71.7 Å². The van der Waals surface area contributed by atoms with E-state index in [0.29, 0.717) is 24.0 Å². The molecule has 2 unspecified atom stereocenters. The van der Waals surface area contributed by atoms with E-state index >= 15 is 0 Å². The maximum Gasteiger partial charge on any atom is 0.408 e. The lowest BCUT2D eigenvalue weighted by atomic mass is 9.81. The number of primary amides is 1. The van der Waals surface area contributed by atoms with E-state index in [-0.39, 0.29) is 19.8 Å². The number of carbonyl (C=O) groups excluding carboxylic acids is 5. The molecule has 44 heavy (non-hydrogen) atoms. The third-order valence-corrected chi connectivity index (χ3v) is 7.44. The molecule has 0 radical (unpaired) electrons. The fraction of sp³-hybridized carbons (Fsp3) is 0.452. The van der Waals surface area contributed by atoms with E-state index in [1.165, 1.54) is 4.90 Å². The summed E-state index contributed by atoms with van der Waals surface area (Å²) in [5.41, 5.74) is 12.0. The first-order chi connectivity index (χ1) is 20.8. The van der Waals surface area contributed by atoms with Crippen molar-refractivity contribution in [3.63, 3.8) is 0 Å². The number of hydrogen-bond acceptors (Lipinski definition) is 9. The van der Waals surface area contributed by atoms with Gasteiger partial charge in [-0.1, -0.05) is 60.7 Å². The molecule has 238 valence electrons. The molecular weight excluding hydrogens is 570 g/mol. The molecule has 4 amide bonds. The second-order valence-electron chi connectivity index (χ2n) is 11.5. The number of hydrogen-bond donors (Lipinski definition) is 6. The Hall–Kier alpha value is -4.33. The van der Waals surface area contributed by atoms with Crippen LogP contribution in [0.1, 0.15) is 50.3 Å². The first kappa shape index (κ1) is 34.2. The zero-order valence-electron chi connectivity index (χ0n) is 24.8. The highest BCUT2D eigenvalue weighted by Gasteiger charge is 2.46. The Bertz CT molecular complexity index is 1310. The molecule has 0 bridgehead atoms. The summed E-state index contributed by atoms with van der Waals surface area (Å²) in [5, 5.41) is 26.1. The van der Waals surface area contributed by atoms with Gasteiger partial charge in [-0.3, -0.25) is 19.2 Å².